The van der Waals surface area contributed by atoms with Crippen LogP contribution in [0, 0.1) is 0 Å². The molecule has 0 bridgehead atoms. The number of rotatable bonds is 9. The van der Waals surface area contributed by atoms with E-state index in [1.54, 1.807) is 32.1 Å². The second-order valence-corrected chi connectivity index (χ2v) is 12.3. The maximum Gasteiger partial charge on any atom is 0.338 e. The van der Waals surface area contributed by atoms with Gasteiger partial charge in [0.2, 0.25) is 0 Å². The van der Waals surface area contributed by atoms with Gasteiger partial charge in [-0.1, -0.05) is 74.7 Å². The summed E-state index contributed by atoms with van der Waals surface area (Å²) in [6.45, 7) is 6.35. The second kappa shape index (κ2) is 13.5. The lowest BCUT2D eigenvalue weighted by Crippen LogP contribution is -2.39. The van der Waals surface area contributed by atoms with E-state index in [-0.39, 0.29) is 18.8 Å². The zero-order chi connectivity index (χ0) is 30.7. The van der Waals surface area contributed by atoms with Crippen LogP contribution < -0.4 is 24.4 Å². The highest BCUT2D eigenvalue weighted by atomic mass is 79.9. The molecule has 0 unspecified atom stereocenters. The van der Waals surface area contributed by atoms with Crippen LogP contribution in [0.15, 0.2) is 86.2 Å². The van der Waals surface area contributed by atoms with Crippen molar-refractivity contribution in [2.45, 2.75) is 33.4 Å². The van der Waals surface area contributed by atoms with Crippen LogP contribution >= 0.6 is 50.5 Å². The monoisotopic (exact) mass is 700 g/mol. The molecule has 4 aromatic rings. The highest BCUT2D eigenvalue weighted by Gasteiger charge is 2.33. The molecule has 2 heterocycles. The smallest absolute Gasteiger partial charge is 0.338 e. The van der Waals surface area contributed by atoms with Crippen molar-refractivity contribution in [1.82, 2.24) is 4.57 Å². The molecular weight excluding hydrogens is 675 g/mol. The van der Waals surface area contributed by atoms with Gasteiger partial charge >= 0.3 is 5.97 Å². The average Bonchev–Trinajstić information content (AvgIpc) is 3.27. The van der Waals surface area contributed by atoms with Crippen LogP contribution in [0.1, 0.15) is 43.5 Å². The van der Waals surface area contributed by atoms with Crippen molar-refractivity contribution < 1.29 is 19.0 Å². The van der Waals surface area contributed by atoms with Gasteiger partial charge in [0.25, 0.3) is 5.56 Å². The van der Waals surface area contributed by atoms with E-state index in [4.69, 9.17) is 37.4 Å². The van der Waals surface area contributed by atoms with E-state index >= 15 is 0 Å². The molecular formula is C32H27BrCl2N2O5S. The summed E-state index contributed by atoms with van der Waals surface area (Å²) in [5, 5.41) is 0.712. The number of esters is 1. The standard InChI is InChI=1S/C32H27BrCl2N2O5S/c1-4-40-24-12-8-20(9-13-24)28-27(31(39)41-5-2)18(3)36-32-37(28)30(38)26(43-32)15-21-14-23(34)16-25(35)29(21)42-17-19-6-10-22(33)11-7-19/h6-16,28H,4-5,17H2,1-3H3/b26-15-/t28-/m0/s1. The van der Waals surface area contributed by atoms with E-state index in [0.717, 1.165) is 15.6 Å². The fourth-order valence-corrected chi connectivity index (χ4v) is 6.60. The van der Waals surface area contributed by atoms with Gasteiger partial charge in [-0.3, -0.25) is 9.36 Å². The Labute approximate surface area is 270 Å². The molecule has 1 atom stereocenters. The number of halogens is 3. The van der Waals surface area contributed by atoms with Gasteiger partial charge in [0, 0.05) is 15.1 Å². The summed E-state index contributed by atoms with van der Waals surface area (Å²) in [4.78, 5) is 32.3. The quantitative estimate of drug-likeness (QED) is 0.179. The van der Waals surface area contributed by atoms with E-state index in [2.05, 4.69) is 20.9 Å². The van der Waals surface area contributed by atoms with Crippen LogP contribution in [-0.2, 0) is 16.1 Å². The Morgan fingerprint density at radius 2 is 1.77 bits per heavy atom. The number of carbonyl (C=O) groups excluding carboxylic acids is 1. The van der Waals surface area contributed by atoms with Crippen LogP contribution in [0.5, 0.6) is 11.5 Å². The van der Waals surface area contributed by atoms with Crippen LogP contribution in [-0.4, -0.2) is 23.8 Å². The number of benzene rings is 3. The molecule has 5 rings (SSSR count). The Bertz CT molecular complexity index is 1880. The fourth-order valence-electron chi connectivity index (χ4n) is 4.74. The molecule has 7 nitrogen and oxygen atoms in total. The molecule has 1 aromatic heterocycles. The highest BCUT2D eigenvalue weighted by molar-refractivity contribution is 9.10. The van der Waals surface area contributed by atoms with Gasteiger partial charge in [0.05, 0.1) is 40.1 Å². The molecule has 0 radical (unpaired) electrons. The first-order valence-electron chi connectivity index (χ1n) is 13.5. The number of ether oxygens (including phenoxy) is 3. The molecule has 3 aromatic carbocycles. The zero-order valence-corrected chi connectivity index (χ0v) is 27.4. The van der Waals surface area contributed by atoms with Crippen LogP contribution in [0.25, 0.3) is 6.08 Å². The van der Waals surface area contributed by atoms with Gasteiger partial charge in [-0.2, -0.15) is 0 Å². The van der Waals surface area contributed by atoms with E-state index in [9.17, 15) is 9.59 Å². The molecule has 0 saturated heterocycles. The normalized spacial score (nSPS) is 14.7. The Morgan fingerprint density at radius 1 is 1.05 bits per heavy atom. The summed E-state index contributed by atoms with van der Waals surface area (Å²) in [6, 6.07) is 17.6. The van der Waals surface area contributed by atoms with Crippen molar-refractivity contribution in [2.24, 2.45) is 4.99 Å². The van der Waals surface area contributed by atoms with Gasteiger partial charge in [0.1, 0.15) is 18.1 Å². The van der Waals surface area contributed by atoms with Gasteiger partial charge in [-0.25, -0.2) is 9.79 Å². The SMILES string of the molecule is CCOC(=O)C1=C(C)N=c2s/c(=C\c3cc(Cl)cc(Cl)c3OCc3ccc(Br)cc3)c(=O)n2[C@H]1c1ccc(OCC)cc1. The summed E-state index contributed by atoms with van der Waals surface area (Å²) in [5.41, 5.74) is 2.66. The van der Waals surface area contributed by atoms with E-state index in [1.807, 2.05) is 55.5 Å². The maximum absolute atomic E-state index is 14.1. The maximum atomic E-state index is 14.1. The van der Waals surface area contributed by atoms with Crippen LogP contribution in [0.3, 0.4) is 0 Å². The second-order valence-electron chi connectivity index (χ2n) is 9.53. The van der Waals surface area contributed by atoms with Crippen molar-refractivity contribution in [3.8, 4) is 11.5 Å². The third-order valence-corrected chi connectivity index (χ3v) is 8.65. The van der Waals surface area contributed by atoms with Gasteiger partial charge in [-0.05, 0) is 74.4 Å². The first-order valence-corrected chi connectivity index (χ1v) is 15.8. The third kappa shape index (κ3) is 6.75. The molecule has 43 heavy (non-hydrogen) atoms. The number of hydrogen-bond donors (Lipinski definition) is 0. The summed E-state index contributed by atoms with van der Waals surface area (Å²) < 4.78 is 20.0. The topological polar surface area (TPSA) is 79.1 Å². The van der Waals surface area contributed by atoms with Gasteiger partial charge in [0.15, 0.2) is 4.80 Å². The number of allylic oxidation sites excluding steroid dienone is 1. The molecule has 0 fully saturated rings. The lowest BCUT2D eigenvalue weighted by Gasteiger charge is -2.24. The molecule has 1 aliphatic heterocycles. The first kappa shape index (κ1) is 31.1. The van der Waals surface area contributed by atoms with Crippen molar-refractivity contribution in [2.75, 3.05) is 13.2 Å². The average molecular weight is 702 g/mol. The minimum absolute atomic E-state index is 0.189. The predicted octanol–water partition coefficient (Wildman–Crippen LogP) is 6.85. The molecule has 0 saturated carbocycles. The van der Waals surface area contributed by atoms with Crippen molar-refractivity contribution >= 4 is 62.5 Å². The highest BCUT2D eigenvalue weighted by Crippen LogP contribution is 2.34. The minimum atomic E-state index is -0.746. The number of nitrogens with zero attached hydrogens (tertiary/aromatic N) is 2. The summed E-state index contributed by atoms with van der Waals surface area (Å²) in [5.74, 6) is 0.555. The Kier molecular flexibility index (Phi) is 9.76. The van der Waals surface area contributed by atoms with Crippen molar-refractivity contribution in [3.63, 3.8) is 0 Å². The third-order valence-electron chi connectivity index (χ3n) is 6.64. The molecule has 0 N–H and O–H groups in total. The molecule has 11 heteroatoms. The minimum Gasteiger partial charge on any atom is -0.494 e. The molecule has 0 spiro atoms. The lowest BCUT2D eigenvalue weighted by molar-refractivity contribution is -0.139. The van der Waals surface area contributed by atoms with Crippen LogP contribution in [0.4, 0.5) is 0 Å². The molecule has 222 valence electrons. The number of carbonyl (C=O) groups is 1. The Balaban J connectivity index is 1.63. The van der Waals surface area contributed by atoms with E-state index in [0.29, 0.717) is 54.3 Å². The summed E-state index contributed by atoms with van der Waals surface area (Å²) in [6.07, 6.45) is 1.69. The Hall–Kier alpha value is -3.37. The number of fused-ring (bicyclic) bond motifs is 1. The van der Waals surface area contributed by atoms with E-state index < -0.39 is 12.0 Å². The van der Waals surface area contributed by atoms with Crippen molar-refractivity contribution in [3.05, 3.63) is 123 Å². The number of thiazole rings is 1. The first-order chi connectivity index (χ1) is 20.7. The summed E-state index contributed by atoms with van der Waals surface area (Å²) >= 11 is 17.6. The fraction of sp³-hybridized carbons (Fsp3) is 0.219. The molecule has 1 aliphatic rings. The van der Waals surface area contributed by atoms with E-state index in [1.165, 1.54) is 15.9 Å². The van der Waals surface area contributed by atoms with Crippen LogP contribution in [0.2, 0.25) is 10.0 Å². The largest absolute Gasteiger partial charge is 0.494 e. The molecule has 0 amide bonds. The van der Waals surface area contributed by atoms with Gasteiger partial charge < -0.3 is 14.2 Å². The predicted molar refractivity (Wildman–Crippen MR) is 173 cm³/mol. The van der Waals surface area contributed by atoms with Crippen molar-refractivity contribution in [1.29, 1.82) is 0 Å². The Morgan fingerprint density at radius 3 is 2.44 bits per heavy atom. The number of hydrogen-bond acceptors (Lipinski definition) is 7. The lowest BCUT2D eigenvalue weighted by atomic mass is 9.96. The summed E-state index contributed by atoms with van der Waals surface area (Å²) in [7, 11) is 0. The molecule has 0 aliphatic carbocycles. The van der Waals surface area contributed by atoms with Gasteiger partial charge in [-0.15, -0.1) is 0 Å². The number of aromatic nitrogens is 1. The zero-order valence-electron chi connectivity index (χ0n) is 23.5.